The van der Waals surface area contributed by atoms with E-state index in [-0.39, 0.29) is 32.8 Å². The number of hydrogen-bond acceptors (Lipinski definition) is 4. The molecule has 1 aromatic rings. The molecule has 0 aromatic heterocycles. The quantitative estimate of drug-likeness (QED) is 0.188. The highest BCUT2D eigenvalue weighted by molar-refractivity contribution is 6.02. The summed E-state index contributed by atoms with van der Waals surface area (Å²) in [5, 5.41) is 22.7. The summed E-state index contributed by atoms with van der Waals surface area (Å²) in [6.07, 6.45) is 39.4. The van der Waals surface area contributed by atoms with Gasteiger partial charge in [0.25, 0.3) is 0 Å². The number of fused-ring (bicyclic) bond motifs is 7. The number of carbonyl (C=O) groups is 3. The first kappa shape index (κ1) is 49.8. The number of terminal acetylenes is 3. The van der Waals surface area contributed by atoms with E-state index in [4.69, 9.17) is 0 Å². The Morgan fingerprint density at radius 3 is 1.96 bits per heavy atom. The molecule has 0 saturated heterocycles. The van der Waals surface area contributed by atoms with E-state index in [0.29, 0.717) is 35.5 Å². The number of carbonyl (C=O) groups excluding carboxylic acids is 1. The maximum atomic E-state index is 13.8. The van der Waals surface area contributed by atoms with Crippen molar-refractivity contribution in [1.29, 1.82) is 0 Å². The predicted octanol–water partition coefficient (Wildman–Crippen LogP) is 10.2. The van der Waals surface area contributed by atoms with Crippen molar-refractivity contribution >= 4 is 23.4 Å². The molecule has 8 atom stereocenters. The number of benzene rings is 1. The molecule has 0 heterocycles. The van der Waals surface area contributed by atoms with E-state index in [1.807, 2.05) is 20.8 Å². The predicted molar refractivity (Wildman–Crippen MR) is 233 cm³/mol. The largest absolute Gasteiger partial charge is 0.478 e. The van der Waals surface area contributed by atoms with Gasteiger partial charge in [-0.1, -0.05) is 66.2 Å². The van der Waals surface area contributed by atoms with E-state index in [1.165, 1.54) is 38.2 Å². The number of nitrogens with zero attached hydrogens (tertiary/aromatic N) is 1. The highest BCUT2D eigenvalue weighted by Crippen LogP contribution is 2.73. The fraction of sp³-hybridized carbons (Fsp3) is 0.612. The number of nitrogens with one attached hydrogen (secondary N) is 1. The molecule has 4 saturated carbocycles. The van der Waals surface area contributed by atoms with E-state index >= 15 is 0 Å². The summed E-state index contributed by atoms with van der Waals surface area (Å²) in [5.74, 6) is 0.754. The van der Waals surface area contributed by atoms with Crippen LogP contribution < -0.4 is 5.32 Å². The van der Waals surface area contributed by atoms with Gasteiger partial charge in [0, 0.05) is 13.1 Å². The van der Waals surface area contributed by atoms with Gasteiger partial charge in [0.15, 0.2) is 0 Å². The highest BCUT2D eigenvalue weighted by atomic mass is 16.4. The third kappa shape index (κ3) is 9.30. The van der Waals surface area contributed by atoms with E-state index in [1.54, 1.807) is 18.2 Å². The molecule has 4 unspecified atom stereocenters. The van der Waals surface area contributed by atoms with Gasteiger partial charge >= 0.3 is 11.9 Å². The average molecular weight is 769 g/mol. The minimum atomic E-state index is -1.21. The molecule has 4 fully saturated rings. The molecule has 3 N–H and O–H groups in total. The van der Waals surface area contributed by atoms with Crippen LogP contribution in [0.2, 0.25) is 0 Å². The second-order valence-electron chi connectivity index (χ2n) is 17.1. The zero-order valence-electron chi connectivity index (χ0n) is 36.0. The first-order valence-electron chi connectivity index (χ1n) is 20.4. The van der Waals surface area contributed by atoms with Gasteiger partial charge in [-0.2, -0.15) is 0 Å². The molecule has 56 heavy (non-hydrogen) atoms. The lowest BCUT2D eigenvalue weighted by atomic mass is 9.36. The van der Waals surface area contributed by atoms with Gasteiger partial charge in [0.05, 0.1) is 16.5 Å². The average Bonchev–Trinajstić information content (AvgIpc) is 3.64. The van der Waals surface area contributed by atoms with Crippen molar-refractivity contribution in [3.63, 3.8) is 0 Å². The molecular weight excluding hydrogens is 697 g/mol. The normalized spacial score (nSPS) is 31.2. The molecule has 1 aromatic carbocycles. The van der Waals surface area contributed by atoms with Crippen molar-refractivity contribution in [1.82, 2.24) is 10.2 Å². The summed E-state index contributed by atoms with van der Waals surface area (Å²) in [7, 11) is 4.11. The summed E-state index contributed by atoms with van der Waals surface area (Å²) in [4.78, 5) is 39.6. The summed E-state index contributed by atoms with van der Waals surface area (Å²) < 4.78 is 0. The standard InChI is InChI=1S/C38H54N2O5.C3H6.C2H6.3C2H2/c1-35(2)27(23-9-10-24(32(41)42)26(22-23)33(43)44)13-17-37(4)30(35)15-18-36(3)28-14-19-38(34(45)39-20-21-40(5)6)16-7-8-29(38)25(28)11-12-31(36)37;1-3-2;4*1-2/h9-10,13,22,25,28-31H,7-8,11-12,14-21H2,1-6H3,(H,39,45)(H,41,42)(H,43,44);3H,1H2,2H3;1-2H3;3*1-2H/t25-,28?,29?,30?,31?,36-,37-,38-;;;;;/m0...../s1. The third-order valence-corrected chi connectivity index (χ3v) is 14.2. The van der Waals surface area contributed by atoms with Gasteiger partial charge in [-0.3, -0.25) is 4.79 Å². The zero-order valence-corrected chi connectivity index (χ0v) is 36.0. The maximum absolute atomic E-state index is 13.8. The Morgan fingerprint density at radius 1 is 0.821 bits per heavy atom. The Morgan fingerprint density at radius 2 is 1.41 bits per heavy atom. The minimum Gasteiger partial charge on any atom is -0.478 e. The summed E-state index contributed by atoms with van der Waals surface area (Å²) in [5.41, 5.74) is 1.70. The summed E-state index contributed by atoms with van der Waals surface area (Å²) >= 11 is 0. The van der Waals surface area contributed by atoms with Crippen molar-refractivity contribution in [2.75, 3.05) is 27.2 Å². The van der Waals surface area contributed by atoms with E-state index in [9.17, 15) is 24.6 Å². The Kier molecular flexibility index (Phi) is 19.0. The minimum absolute atomic E-state index is 0.134. The van der Waals surface area contributed by atoms with Crippen LogP contribution in [0, 0.1) is 89.8 Å². The lowest BCUT2D eigenvalue weighted by Gasteiger charge is -2.68. The first-order chi connectivity index (χ1) is 26.6. The highest BCUT2D eigenvalue weighted by Gasteiger charge is 2.66. The molecule has 308 valence electrons. The number of rotatable bonds is 7. The van der Waals surface area contributed by atoms with Crippen LogP contribution in [0.1, 0.15) is 139 Å². The molecule has 5 aliphatic carbocycles. The Bertz CT molecular complexity index is 1580. The van der Waals surface area contributed by atoms with Crippen LogP contribution in [-0.2, 0) is 4.79 Å². The summed E-state index contributed by atoms with van der Waals surface area (Å²) in [6.45, 7) is 20.6. The molecular formula is C49H72N2O5. The van der Waals surface area contributed by atoms with Crippen molar-refractivity contribution < 1.29 is 24.6 Å². The molecule has 0 radical (unpaired) electrons. The monoisotopic (exact) mass is 769 g/mol. The molecule has 0 spiro atoms. The second kappa shape index (κ2) is 21.3. The van der Waals surface area contributed by atoms with Crippen LogP contribution >= 0.6 is 0 Å². The van der Waals surface area contributed by atoms with Gasteiger partial charge in [0.2, 0.25) is 5.91 Å². The number of amides is 1. The topological polar surface area (TPSA) is 107 Å². The summed E-state index contributed by atoms with van der Waals surface area (Å²) in [6, 6.07) is 4.84. The lowest BCUT2D eigenvalue weighted by Crippen LogP contribution is -2.62. The van der Waals surface area contributed by atoms with Crippen molar-refractivity contribution in [2.45, 2.75) is 113 Å². The van der Waals surface area contributed by atoms with Gasteiger partial charge in [0.1, 0.15) is 0 Å². The molecule has 6 rings (SSSR count). The number of carboxylic acid groups (broad SMARTS) is 2. The van der Waals surface area contributed by atoms with E-state index in [2.05, 4.69) is 103 Å². The van der Waals surface area contributed by atoms with Gasteiger partial charge in [-0.05, 0) is 148 Å². The smallest absolute Gasteiger partial charge is 0.336 e. The number of carboxylic acids is 2. The third-order valence-electron chi connectivity index (χ3n) is 14.2. The second-order valence-corrected chi connectivity index (χ2v) is 17.1. The fourth-order valence-electron chi connectivity index (χ4n) is 12.4. The molecule has 0 aliphatic heterocycles. The van der Waals surface area contributed by atoms with Crippen molar-refractivity contribution in [3.05, 3.63) is 53.6 Å². The SMILES string of the molecule is C#C.C#C.C#C.C=CC.CC.CN(C)CCNC(=O)[C@]12CCCC1[C@H]1CCC3[C@@](C)(CCC4C(C)(C)C(c5ccc(C(=O)O)c(C(=O)O)c5)=CC[C@@]43C)C1CC2. The van der Waals surface area contributed by atoms with Crippen molar-refractivity contribution in [3.8, 4) is 38.5 Å². The van der Waals surface area contributed by atoms with Crippen LogP contribution in [0.25, 0.3) is 5.57 Å². The van der Waals surface area contributed by atoms with Gasteiger partial charge < -0.3 is 20.4 Å². The molecule has 0 bridgehead atoms. The molecule has 1 amide bonds. The molecule has 5 aliphatic rings. The van der Waals surface area contributed by atoms with Gasteiger partial charge in [-0.15, -0.1) is 45.1 Å². The van der Waals surface area contributed by atoms with Gasteiger partial charge in [-0.25, -0.2) is 9.59 Å². The van der Waals surface area contributed by atoms with Crippen LogP contribution in [0.4, 0.5) is 0 Å². The van der Waals surface area contributed by atoms with Crippen molar-refractivity contribution in [2.24, 2.45) is 51.2 Å². The van der Waals surface area contributed by atoms with E-state index < -0.39 is 11.9 Å². The first-order valence-corrected chi connectivity index (χ1v) is 20.4. The van der Waals surface area contributed by atoms with Crippen LogP contribution in [0.5, 0.6) is 0 Å². The maximum Gasteiger partial charge on any atom is 0.336 e. The lowest BCUT2D eigenvalue weighted by molar-refractivity contribution is -0.181. The van der Waals surface area contributed by atoms with E-state index in [0.717, 1.165) is 56.3 Å². The Balaban J connectivity index is 0.00000130. The van der Waals surface area contributed by atoms with Crippen LogP contribution in [-0.4, -0.2) is 60.1 Å². The number of aromatic carboxylic acids is 2. The Labute approximate surface area is 340 Å². The fourth-order valence-corrected chi connectivity index (χ4v) is 12.4. The van der Waals surface area contributed by atoms with Crippen LogP contribution in [0.3, 0.4) is 0 Å². The molecule has 7 nitrogen and oxygen atoms in total. The number of hydrogen-bond donors (Lipinski definition) is 3. The Hall–Kier alpha value is -4.25. The number of likely N-dealkylation sites (N-methyl/N-ethyl adjacent to an activating group) is 1. The number of allylic oxidation sites excluding steroid dienone is 3. The van der Waals surface area contributed by atoms with Crippen LogP contribution in [0.15, 0.2) is 36.9 Å². The molecule has 7 heteroatoms. The zero-order chi connectivity index (χ0) is 43.2.